The predicted octanol–water partition coefficient (Wildman–Crippen LogP) is 2.64. The lowest BCUT2D eigenvalue weighted by Crippen LogP contribution is -2.29. The van der Waals surface area contributed by atoms with Crippen LogP contribution in [0.4, 0.5) is 5.95 Å². The lowest BCUT2D eigenvalue weighted by molar-refractivity contribution is 0.221. The van der Waals surface area contributed by atoms with Crippen molar-refractivity contribution < 1.29 is 0 Å². The first-order chi connectivity index (χ1) is 10.7. The van der Waals surface area contributed by atoms with E-state index >= 15 is 0 Å². The van der Waals surface area contributed by atoms with Crippen molar-refractivity contribution >= 4 is 12.2 Å². The molecule has 1 saturated heterocycles. The van der Waals surface area contributed by atoms with E-state index in [0.29, 0.717) is 5.95 Å². The third-order valence-electron chi connectivity index (χ3n) is 4.00. The summed E-state index contributed by atoms with van der Waals surface area (Å²) in [6, 6.07) is 8.56. The lowest BCUT2D eigenvalue weighted by atomic mass is 10.1. The van der Waals surface area contributed by atoms with Gasteiger partial charge in [-0.05, 0) is 44.0 Å². The molecule has 1 aromatic heterocycles. The number of hydrogen-bond donors (Lipinski definition) is 1. The molecule has 1 aliphatic rings. The number of nitrogens with zero attached hydrogens (tertiary/aromatic N) is 4. The van der Waals surface area contributed by atoms with Crippen LogP contribution < -0.4 is 5.73 Å². The highest BCUT2D eigenvalue weighted by atomic mass is 15.4. The molecule has 0 unspecified atom stereocenters. The number of hydrogen-bond acceptors (Lipinski definition) is 4. The highest BCUT2D eigenvalue weighted by Crippen LogP contribution is 2.13. The standard InChI is InChI=1S/C17H23N5/c1-14-12-22(17(18)20-14)19-11-15-5-7-16(8-6-15)13-21-9-3-2-4-10-21/h5-8,11-12H,2-4,9-10,13H2,1H3,(H2,18,20). The van der Waals surface area contributed by atoms with Gasteiger partial charge in [-0.1, -0.05) is 30.7 Å². The molecule has 3 rings (SSSR count). The number of imidazole rings is 1. The van der Waals surface area contributed by atoms with E-state index in [1.807, 2.05) is 19.3 Å². The molecule has 0 amide bonds. The van der Waals surface area contributed by atoms with E-state index in [1.165, 1.54) is 37.9 Å². The molecule has 2 N–H and O–H groups in total. The van der Waals surface area contributed by atoms with Crippen molar-refractivity contribution in [3.63, 3.8) is 0 Å². The van der Waals surface area contributed by atoms with E-state index in [9.17, 15) is 0 Å². The third-order valence-corrected chi connectivity index (χ3v) is 4.00. The number of nitrogen functional groups attached to an aromatic ring is 1. The summed E-state index contributed by atoms with van der Waals surface area (Å²) in [6.45, 7) is 5.40. The number of likely N-dealkylation sites (tertiary alicyclic amines) is 1. The van der Waals surface area contributed by atoms with Crippen LogP contribution >= 0.6 is 0 Å². The van der Waals surface area contributed by atoms with Gasteiger partial charge in [0.1, 0.15) is 0 Å². The lowest BCUT2D eigenvalue weighted by Gasteiger charge is -2.26. The Bertz CT molecular complexity index is 636. The van der Waals surface area contributed by atoms with Crippen molar-refractivity contribution in [1.29, 1.82) is 0 Å². The highest BCUT2D eigenvalue weighted by Gasteiger charge is 2.09. The smallest absolute Gasteiger partial charge is 0.221 e. The Morgan fingerprint density at radius 1 is 1.18 bits per heavy atom. The first-order valence-corrected chi connectivity index (χ1v) is 7.88. The Kier molecular flexibility index (Phi) is 4.53. The summed E-state index contributed by atoms with van der Waals surface area (Å²) < 4.78 is 1.59. The maximum absolute atomic E-state index is 5.77. The van der Waals surface area contributed by atoms with Crippen LogP contribution in [0.5, 0.6) is 0 Å². The van der Waals surface area contributed by atoms with Crippen molar-refractivity contribution in [3.05, 3.63) is 47.3 Å². The summed E-state index contributed by atoms with van der Waals surface area (Å²) >= 11 is 0. The maximum Gasteiger partial charge on any atom is 0.221 e. The molecule has 22 heavy (non-hydrogen) atoms. The van der Waals surface area contributed by atoms with Gasteiger partial charge in [0.05, 0.1) is 18.1 Å². The number of aromatic nitrogens is 2. The fourth-order valence-corrected chi connectivity index (χ4v) is 2.81. The molecule has 2 heterocycles. The Morgan fingerprint density at radius 3 is 2.55 bits per heavy atom. The molecule has 0 spiro atoms. The molecule has 5 nitrogen and oxygen atoms in total. The van der Waals surface area contributed by atoms with E-state index in [0.717, 1.165) is 17.8 Å². The summed E-state index contributed by atoms with van der Waals surface area (Å²) in [5, 5.41) is 4.34. The van der Waals surface area contributed by atoms with Gasteiger partial charge in [-0.25, -0.2) is 9.66 Å². The van der Waals surface area contributed by atoms with Gasteiger partial charge >= 0.3 is 0 Å². The van der Waals surface area contributed by atoms with Crippen molar-refractivity contribution in [3.8, 4) is 0 Å². The summed E-state index contributed by atoms with van der Waals surface area (Å²) in [6.07, 6.45) is 7.66. The molecular weight excluding hydrogens is 274 g/mol. The summed E-state index contributed by atoms with van der Waals surface area (Å²) in [5.41, 5.74) is 9.05. The van der Waals surface area contributed by atoms with Crippen LogP contribution in [0, 0.1) is 6.92 Å². The first-order valence-electron chi connectivity index (χ1n) is 7.88. The van der Waals surface area contributed by atoms with Gasteiger partial charge in [0, 0.05) is 6.54 Å². The van der Waals surface area contributed by atoms with Gasteiger partial charge in [0.2, 0.25) is 5.95 Å². The second kappa shape index (κ2) is 6.75. The van der Waals surface area contributed by atoms with Gasteiger partial charge in [0.15, 0.2) is 0 Å². The topological polar surface area (TPSA) is 59.4 Å². The van der Waals surface area contributed by atoms with E-state index in [-0.39, 0.29) is 0 Å². The number of aryl methyl sites for hydroxylation is 1. The second-order valence-corrected chi connectivity index (χ2v) is 5.91. The Labute approximate surface area is 131 Å². The zero-order valence-electron chi connectivity index (χ0n) is 13.1. The van der Waals surface area contributed by atoms with Crippen LogP contribution in [0.25, 0.3) is 0 Å². The van der Waals surface area contributed by atoms with Crippen molar-refractivity contribution in [2.24, 2.45) is 5.10 Å². The summed E-state index contributed by atoms with van der Waals surface area (Å²) in [4.78, 5) is 6.65. The molecule has 0 radical (unpaired) electrons. The van der Waals surface area contributed by atoms with Gasteiger partial charge in [-0.15, -0.1) is 0 Å². The summed E-state index contributed by atoms with van der Waals surface area (Å²) in [5.74, 6) is 0.412. The zero-order chi connectivity index (χ0) is 15.4. The monoisotopic (exact) mass is 297 g/mol. The van der Waals surface area contributed by atoms with Crippen molar-refractivity contribution in [1.82, 2.24) is 14.6 Å². The molecule has 1 aromatic carbocycles. The minimum absolute atomic E-state index is 0.412. The molecule has 1 fully saturated rings. The average Bonchev–Trinajstić information content (AvgIpc) is 2.85. The number of rotatable bonds is 4. The molecular formula is C17H23N5. The van der Waals surface area contributed by atoms with Gasteiger partial charge < -0.3 is 5.73 Å². The fraction of sp³-hybridized carbons (Fsp3) is 0.412. The number of benzene rings is 1. The van der Waals surface area contributed by atoms with Crippen LogP contribution in [0.1, 0.15) is 36.1 Å². The van der Waals surface area contributed by atoms with E-state index < -0.39 is 0 Å². The Balaban J connectivity index is 1.62. The van der Waals surface area contributed by atoms with E-state index in [4.69, 9.17) is 5.73 Å². The van der Waals surface area contributed by atoms with Crippen LogP contribution in [-0.4, -0.2) is 33.9 Å². The van der Waals surface area contributed by atoms with Crippen LogP contribution in [0.15, 0.2) is 35.6 Å². The summed E-state index contributed by atoms with van der Waals surface area (Å²) in [7, 11) is 0. The molecule has 1 aliphatic heterocycles. The van der Waals surface area contributed by atoms with E-state index in [1.54, 1.807) is 4.68 Å². The van der Waals surface area contributed by atoms with Gasteiger partial charge in [-0.3, -0.25) is 4.90 Å². The molecule has 2 aromatic rings. The molecule has 0 saturated carbocycles. The minimum Gasteiger partial charge on any atom is -0.368 e. The van der Waals surface area contributed by atoms with Crippen LogP contribution in [0.3, 0.4) is 0 Å². The third kappa shape index (κ3) is 3.74. The van der Waals surface area contributed by atoms with Gasteiger partial charge in [-0.2, -0.15) is 5.10 Å². The van der Waals surface area contributed by atoms with Crippen molar-refractivity contribution in [2.45, 2.75) is 32.7 Å². The highest BCUT2D eigenvalue weighted by molar-refractivity contribution is 5.79. The Morgan fingerprint density at radius 2 is 1.91 bits per heavy atom. The second-order valence-electron chi connectivity index (χ2n) is 5.91. The molecule has 0 atom stereocenters. The molecule has 5 heteroatoms. The first kappa shape index (κ1) is 14.8. The van der Waals surface area contributed by atoms with Crippen LogP contribution in [-0.2, 0) is 6.54 Å². The Hall–Kier alpha value is -2.14. The normalized spacial score (nSPS) is 16.4. The van der Waals surface area contributed by atoms with Crippen molar-refractivity contribution in [2.75, 3.05) is 18.8 Å². The SMILES string of the molecule is Cc1cn(N=Cc2ccc(CN3CCCCC3)cc2)c(N)n1. The van der Waals surface area contributed by atoms with Gasteiger partial charge in [0.25, 0.3) is 0 Å². The van der Waals surface area contributed by atoms with Crippen LogP contribution in [0.2, 0.25) is 0 Å². The number of piperidine rings is 1. The van der Waals surface area contributed by atoms with E-state index in [2.05, 4.69) is 39.3 Å². The fourth-order valence-electron chi connectivity index (χ4n) is 2.81. The maximum atomic E-state index is 5.77. The number of anilines is 1. The molecule has 116 valence electrons. The molecule has 0 bridgehead atoms. The zero-order valence-corrected chi connectivity index (χ0v) is 13.1. The molecule has 0 aliphatic carbocycles. The quantitative estimate of drug-likeness (QED) is 0.883. The minimum atomic E-state index is 0.412. The largest absolute Gasteiger partial charge is 0.368 e. The number of nitrogens with two attached hydrogens (primary N) is 1. The predicted molar refractivity (Wildman–Crippen MR) is 89.9 cm³/mol. The average molecular weight is 297 g/mol.